The highest BCUT2D eigenvalue weighted by molar-refractivity contribution is 9.10. The number of rotatable bonds is 3. The summed E-state index contributed by atoms with van der Waals surface area (Å²) >= 11 is 3.32. The molecule has 0 spiro atoms. The van der Waals surface area contributed by atoms with Gasteiger partial charge in [-0.15, -0.1) is 0 Å². The topological polar surface area (TPSA) is 46.2 Å². The van der Waals surface area contributed by atoms with Crippen LogP contribution in [0.15, 0.2) is 57.9 Å². The van der Waals surface area contributed by atoms with Crippen LogP contribution < -0.4 is 4.72 Å². The highest BCUT2D eigenvalue weighted by Crippen LogP contribution is 2.30. The third-order valence-electron chi connectivity index (χ3n) is 3.79. The molecule has 0 bridgehead atoms. The van der Waals surface area contributed by atoms with E-state index in [9.17, 15) is 8.42 Å². The Labute approximate surface area is 133 Å². The maximum absolute atomic E-state index is 12.5. The Morgan fingerprint density at radius 3 is 2.52 bits per heavy atom. The van der Waals surface area contributed by atoms with Crippen LogP contribution in [0.5, 0.6) is 0 Å². The first-order valence-electron chi connectivity index (χ1n) is 6.92. The third-order valence-corrected chi connectivity index (χ3v) is 5.81. The van der Waals surface area contributed by atoms with E-state index in [1.54, 1.807) is 24.3 Å². The molecule has 1 atom stereocenters. The van der Waals surface area contributed by atoms with Crippen LogP contribution in [0.4, 0.5) is 0 Å². The van der Waals surface area contributed by atoms with E-state index in [2.05, 4.69) is 26.7 Å². The van der Waals surface area contributed by atoms with Crippen molar-refractivity contribution in [3.05, 3.63) is 64.1 Å². The Bertz CT molecular complexity index is 741. The van der Waals surface area contributed by atoms with Gasteiger partial charge in [-0.3, -0.25) is 0 Å². The van der Waals surface area contributed by atoms with Crippen LogP contribution in [0.3, 0.4) is 0 Å². The van der Waals surface area contributed by atoms with Gasteiger partial charge in [0.2, 0.25) is 10.0 Å². The summed E-state index contributed by atoms with van der Waals surface area (Å²) in [5.74, 6) is 0. The van der Waals surface area contributed by atoms with Gasteiger partial charge in [-0.1, -0.05) is 40.2 Å². The van der Waals surface area contributed by atoms with Gasteiger partial charge in [0.25, 0.3) is 0 Å². The van der Waals surface area contributed by atoms with Gasteiger partial charge in [-0.25, -0.2) is 13.1 Å². The molecule has 2 aromatic rings. The minimum Gasteiger partial charge on any atom is -0.207 e. The molecule has 5 heteroatoms. The summed E-state index contributed by atoms with van der Waals surface area (Å²) < 4.78 is 28.7. The Balaban J connectivity index is 1.88. The standard InChI is InChI=1S/C16H16BrNO2S/c17-13-8-10-14(11-9-13)21(19,20)18-16-7-3-5-12-4-1-2-6-15(12)16/h1-2,4,6,8-11,16,18H,3,5,7H2/t16-/m1/s1. The van der Waals surface area contributed by atoms with Crippen molar-refractivity contribution in [1.82, 2.24) is 4.72 Å². The maximum Gasteiger partial charge on any atom is 0.241 e. The number of sulfonamides is 1. The second-order valence-electron chi connectivity index (χ2n) is 5.22. The molecule has 0 heterocycles. The van der Waals surface area contributed by atoms with E-state index in [4.69, 9.17) is 0 Å². The molecule has 0 fully saturated rings. The number of nitrogens with one attached hydrogen (secondary N) is 1. The Hall–Kier alpha value is -1.17. The SMILES string of the molecule is O=S(=O)(N[C@@H]1CCCc2ccccc21)c1ccc(Br)cc1. The minimum absolute atomic E-state index is 0.136. The zero-order valence-corrected chi connectivity index (χ0v) is 13.8. The lowest BCUT2D eigenvalue weighted by atomic mass is 9.88. The first kappa shape index (κ1) is 14.8. The van der Waals surface area contributed by atoms with Gasteiger partial charge in [0.05, 0.1) is 4.90 Å². The highest BCUT2D eigenvalue weighted by atomic mass is 79.9. The number of aryl methyl sites for hydroxylation is 1. The fraction of sp³-hybridized carbons (Fsp3) is 0.250. The number of hydrogen-bond donors (Lipinski definition) is 1. The Morgan fingerprint density at radius 2 is 1.76 bits per heavy atom. The van der Waals surface area contributed by atoms with Crippen LogP contribution in [0.25, 0.3) is 0 Å². The summed E-state index contributed by atoms with van der Waals surface area (Å²) in [5, 5.41) is 0. The molecule has 1 N–H and O–H groups in total. The summed E-state index contributed by atoms with van der Waals surface area (Å²) in [5.41, 5.74) is 2.34. The first-order valence-corrected chi connectivity index (χ1v) is 9.19. The van der Waals surface area contributed by atoms with E-state index in [1.807, 2.05) is 18.2 Å². The zero-order chi connectivity index (χ0) is 14.9. The molecular weight excluding hydrogens is 350 g/mol. The summed E-state index contributed by atoms with van der Waals surface area (Å²) in [4.78, 5) is 0.300. The molecule has 1 aliphatic carbocycles. The predicted octanol–water partition coefficient (Wildman–Crippen LogP) is 3.81. The second kappa shape index (κ2) is 5.91. The monoisotopic (exact) mass is 365 g/mol. The van der Waals surface area contributed by atoms with Crippen LogP contribution in [-0.4, -0.2) is 8.42 Å². The van der Waals surface area contributed by atoms with Crippen LogP contribution >= 0.6 is 15.9 Å². The molecule has 0 aromatic heterocycles. The van der Waals surface area contributed by atoms with Crippen LogP contribution in [0.2, 0.25) is 0 Å². The summed E-state index contributed by atoms with van der Waals surface area (Å²) in [6, 6.07) is 14.6. The highest BCUT2D eigenvalue weighted by Gasteiger charge is 2.25. The molecule has 21 heavy (non-hydrogen) atoms. The normalized spacial score (nSPS) is 18.2. The van der Waals surface area contributed by atoms with Crippen molar-refractivity contribution in [2.75, 3.05) is 0 Å². The molecule has 0 aliphatic heterocycles. The lowest BCUT2D eigenvalue weighted by Crippen LogP contribution is -2.31. The van der Waals surface area contributed by atoms with E-state index in [1.165, 1.54) is 5.56 Å². The van der Waals surface area contributed by atoms with Crippen molar-refractivity contribution in [2.24, 2.45) is 0 Å². The zero-order valence-electron chi connectivity index (χ0n) is 11.4. The second-order valence-corrected chi connectivity index (χ2v) is 7.85. The number of fused-ring (bicyclic) bond motifs is 1. The fourth-order valence-corrected chi connectivity index (χ4v) is 4.26. The number of benzene rings is 2. The van der Waals surface area contributed by atoms with Gasteiger partial charge in [0, 0.05) is 10.5 Å². The summed E-state index contributed by atoms with van der Waals surface area (Å²) in [6.07, 6.45) is 2.87. The lowest BCUT2D eigenvalue weighted by Gasteiger charge is -2.26. The van der Waals surface area contributed by atoms with Crippen molar-refractivity contribution in [1.29, 1.82) is 0 Å². The molecule has 2 aromatic carbocycles. The van der Waals surface area contributed by atoms with E-state index in [0.717, 1.165) is 29.3 Å². The number of hydrogen-bond acceptors (Lipinski definition) is 2. The van der Waals surface area contributed by atoms with Crippen molar-refractivity contribution in [2.45, 2.75) is 30.2 Å². The quantitative estimate of drug-likeness (QED) is 0.898. The van der Waals surface area contributed by atoms with Crippen LogP contribution in [-0.2, 0) is 16.4 Å². The lowest BCUT2D eigenvalue weighted by molar-refractivity contribution is 0.507. The van der Waals surface area contributed by atoms with Gasteiger partial charge < -0.3 is 0 Å². The fourth-order valence-electron chi connectivity index (χ4n) is 2.75. The summed E-state index contributed by atoms with van der Waals surface area (Å²) in [7, 11) is -3.49. The van der Waals surface area contributed by atoms with Crippen molar-refractivity contribution < 1.29 is 8.42 Å². The van der Waals surface area contributed by atoms with E-state index < -0.39 is 10.0 Å². The molecule has 1 aliphatic rings. The van der Waals surface area contributed by atoms with Gasteiger partial charge in [0.15, 0.2) is 0 Å². The third kappa shape index (κ3) is 3.20. The molecule has 3 nitrogen and oxygen atoms in total. The Morgan fingerprint density at radius 1 is 1.05 bits per heavy atom. The number of halogens is 1. The molecular formula is C16H16BrNO2S. The van der Waals surface area contributed by atoms with Crippen molar-refractivity contribution >= 4 is 26.0 Å². The van der Waals surface area contributed by atoms with Gasteiger partial charge >= 0.3 is 0 Å². The van der Waals surface area contributed by atoms with Gasteiger partial charge in [-0.05, 0) is 54.7 Å². The first-order chi connectivity index (χ1) is 10.1. The van der Waals surface area contributed by atoms with Gasteiger partial charge in [-0.2, -0.15) is 0 Å². The Kier molecular flexibility index (Phi) is 4.15. The predicted molar refractivity (Wildman–Crippen MR) is 86.6 cm³/mol. The van der Waals surface area contributed by atoms with E-state index in [0.29, 0.717) is 4.90 Å². The molecule has 0 unspecified atom stereocenters. The molecule has 3 rings (SSSR count). The van der Waals surface area contributed by atoms with Crippen molar-refractivity contribution in [3.8, 4) is 0 Å². The summed E-state index contributed by atoms with van der Waals surface area (Å²) in [6.45, 7) is 0. The molecule has 0 saturated carbocycles. The van der Waals surface area contributed by atoms with Crippen molar-refractivity contribution in [3.63, 3.8) is 0 Å². The average molecular weight is 366 g/mol. The molecule has 0 radical (unpaired) electrons. The van der Waals surface area contributed by atoms with E-state index >= 15 is 0 Å². The molecule has 110 valence electrons. The average Bonchev–Trinajstić information content (AvgIpc) is 2.48. The maximum atomic E-state index is 12.5. The van der Waals surface area contributed by atoms with E-state index in [-0.39, 0.29) is 6.04 Å². The molecule has 0 amide bonds. The van der Waals surface area contributed by atoms with Crippen LogP contribution in [0.1, 0.15) is 30.0 Å². The minimum atomic E-state index is -3.49. The molecule has 0 saturated heterocycles. The smallest absolute Gasteiger partial charge is 0.207 e. The van der Waals surface area contributed by atoms with Crippen LogP contribution in [0, 0.1) is 0 Å². The van der Waals surface area contributed by atoms with Gasteiger partial charge in [0.1, 0.15) is 0 Å². The largest absolute Gasteiger partial charge is 0.241 e.